The van der Waals surface area contributed by atoms with Crippen LogP contribution in [0.1, 0.15) is 28.4 Å². The third kappa shape index (κ3) is 3.46. The zero-order valence-electron chi connectivity index (χ0n) is 12.0. The maximum absolute atomic E-state index is 12.4. The lowest BCUT2D eigenvalue weighted by Gasteiger charge is -2.12. The van der Waals surface area contributed by atoms with E-state index in [0.29, 0.717) is 17.0 Å². The lowest BCUT2D eigenvalue weighted by atomic mass is 10.1. The second-order valence-electron chi connectivity index (χ2n) is 4.75. The number of nitrogens with zero attached hydrogens (tertiary/aromatic N) is 2. The highest BCUT2D eigenvalue weighted by atomic mass is 32.2. The highest BCUT2D eigenvalue weighted by Gasteiger charge is 2.19. The molecule has 1 aromatic carbocycles. The van der Waals surface area contributed by atoms with Gasteiger partial charge in [0.2, 0.25) is 15.9 Å². The van der Waals surface area contributed by atoms with Crippen molar-refractivity contribution in [2.45, 2.75) is 38.8 Å². The fraction of sp³-hybridized carbons (Fsp3) is 0.385. The fourth-order valence-corrected chi connectivity index (χ4v) is 3.26. The third-order valence-electron chi connectivity index (χ3n) is 3.13. The largest absolute Gasteiger partial charge is 0.392 e. The number of aliphatic hydroxyl groups excluding tert-OH is 1. The van der Waals surface area contributed by atoms with E-state index in [4.69, 9.17) is 4.52 Å². The normalized spacial score (nSPS) is 11.8. The van der Waals surface area contributed by atoms with Crippen LogP contribution in [0.3, 0.4) is 0 Å². The molecule has 0 aliphatic carbocycles. The Hall–Kier alpha value is -1.77. The summed E-state index contributed by atoms with van der Waals surface area (Å²) in [6, 6.07) is 3.22. The Kier molecular flexibility index (Phi) is 4.40. The van der Waals surface area contributed by atoms with Crippen LogP contribution in [0.5, 0.6) is 0 Å². The van der Waals surface area contributed by atoms with Crippen molar-refractivity contribution in [1.29, 1.82) is 0 Å². The second kappa shape index (κ2) is 5.92. The van der Waals surface area contributed by atoms with Crippen molar-refractivity contribution in [2.75, 3.05) is 0 Å². The second-order valence-corrected chi connectivity index (χ2v) is 6.49. The zero-order valence-corrected chi connectivity index (χ0v) is 12.9. The molecular weight excluding hydrogens is 294 g/mol. The first-order chi connectivity index (χ1) is 9.83. The number of hydrogen-bond donors (Lipinski definition) is 2. The van der Waals surface area contributed by atoms with E-state index in [1.54, 1.807) is 26.8 Å². The molecule has 7 nitrogen and oxygen atoms in total. The molecule has 0 atom stereocenters. The van der Waals surface area contributed by atoms with Crippen LogP contribution < -0.4 is 4.72 Å². The molecule has 1 heterocycles. The molecule has 0 spiro atoms. The Labute approximate surface area is 123 Å². The molecule has 0 aliphatic rings. The van der Waals surface area contributed by atoms with Crippen LogP contribution in [0, 0.1) is 20.8 Å². The van der Waals surface area contributed by atoms with E-state index in [1.165, 1.54) is 6.07 Å². The minimum Gasteiger partial charge on any atom is -0.392 e. The molecule has 8 heteroatoms. The summed E-state index contributed by atoms with van der Waals surface area (Å²) in [5.41, 5.74) is 1.99. The van der Waals surface area contributed by atoms with Gasteiger partial charge in [-0.3, -0.25) is 0 Å². The molecule has 0 aliphatic heterocycles. The van der Waals surface area contributed by atoms with Crippen LogP contribution in [-0.4, -0.2) is 23.7 Å². The highest BCUT2D eigenvalue weighted by molar-refractivity contribution is 7.89. The van der Waals surface area contributed by atoms with Gasteiger partial charge in [0.15, 0.2) is 5.82 Å². The van der Waals surface area contributed by atoms with Gasteiger partial charge in [-0.1, -0.05) is 11.2 Å². The van der Waals surface area contributed by atoms with Crippen LogP contribution in [0.2, 0.25) is 0 Å². The summed E-state index contributed by atoms with van der Waals surface area (Å²) in [5.74, 6) is 0.641. The summed E-state index contributed by atoms with van der Waals surface area (Å²) in [5, 5.41) is 12.8. The molecule has 0 bridgehead atoms. The molecule has 0 radical (unpaired) electrons. The van der Waals surface area contributed by atoms with Crippen molar-refractivity contribution in [3.63, 3.8) is 0 Å². The summed E-state index contributed by atoms with van der Waals surface area (Å²) in [6.07, 6.45) is 0. The molecule has 2 aromatic rings. The maximum atomic E-state index is 12.4. The molecule has 1 aromatic heterocycles. The van der Waals surface area contributed by atoms with Gasteiger partial charge in [0.25, 0.3) is 0 Å². The van der Waals surface area contributed by atoms with Gasteiger partial charge in [-0.25, -0.2) is 13.1 Å². The van der Waals surface area contributed by atoms with Crippen molar-refractivity contribution in [2.24, 2.45) is 0 Å². The van der Waals surface area contributed by atoms with Crippen molar-refractivity contribution < 1.29 is 18.0 Å². The fourth-order valence-electron chi connectivity index (χ4n) is 1.92. The maximum Gasteiger partial charge on any atom is 0.241 e. The minimum atomic E-state index is -3.72. The Morgan fingerprint density at radius 1 is 1.29 bits per heavy atom. The highest BCUT2D eigenvalue weighted by Crippen LogP contribution is 2.21. The van der Waals surface area contributed by atoms with Crippen LogP contribution in [-0.2, 0) is 23.2 Å². The number of hydrogen-bond acceptors (Lipinski definition) is 6. The lowest BCUT2D eigenvalue weighted by Crippen LogP contribution is -2.24. The van der Waals surface area contributed by atoms with Crippen molar-refractivity contribution in [3.05, 3.63) is 40.5 Å². The smallest absolute Gasteiger partial charge is 0.241 e. The molecule has 0 unspecified atom stereocenters. The Bertz CT molecular complexity index is 753. The molecule has 114 valence electrons. The number of sulfonamides is 1. The van der Waals surface area contributed by atoms with Crippen molar-refractivity contribution in [3.8, 4) is 0 Å². The van der Waals surface area contributed by atoms with Gasteiger partial charge in [0, 0.05) is 0 Å². The van der Waals surface area contributed by atoms with Crippen LogP contribution in [0.15, 0.2) is 21.6 Å². The van der Waals surface area contributed by atoms with E-state index < -0.39 is 10.0 Å². The number of aryl methyl sites for hydroxylation is 2. The molecule has 21 heavy (non-hydrogen) atoms. The Morgan fingerprint density at radius 3 is 2.57 bits per heavy atom. The quantitative estimate of drug-likeness (QED) is 0.852. The summed E-state index contributed by atoms with van der Waals surface area (Å²) in [7, 11) is -3.72. The van der Waals surface area contributed by atoms with E-state index >= 15 is 0 Å². The number of rotatable bonds is 5. The Balaban J connectivity index is 2.29. The van der Waals surface area contributed by atoms with Gasteiger partial charge >= 0.3 is 0 Å². The van der Waals surface area contributed by atoms with Gasteiger partial charge in [-0.05, 0) is 43.5 Å². The van der Waals surface area contributed by atoms with Gasteiger partial charge in [0.1, 0.15) is 0 Å². The van der Waals surface area contributed by atoms with E-state index in [-0.39, 0.29) is 23.9 Å². The Morgan fingerprint density at radius 2 is 2.00 bits per heavy atom. The van der Waals surface area contributed by atoms with E-state index in [9.17, 15) is 13.5 Å². The first-order valence-corrected chi connectivity index (χ1v) is 7.81. The summed E-state index contributed by atoms with van der Waals surface area (Å²) in [4.78, 5) is 4.08. The van der Waals surface area contributed by atoms with E-state index in [1.807, 2.05) is 0 Å². The van der Waals surface area contributed by atoms with Gasteiger partial charge in [-0.2, -0.15) is 4.98 Å². The average Bonchev–Trinajstić information content (AvgIpc) is 2.85. The van der Waals surface area contributed by atoms with E-state index in [0.717, 1.165) is 5.56 Å². The van der Waals surface area contributed by atoms with Gasteiger partial charge in [0.05, 0.1) is 18.0 Å². The zero-order chi connectivity index (χ0) is 15.6. The molecule has 2 rings (SSSR count). The molecule has 0 amide bonds. The van der Waals surface area contributed by atoms with Crippen LogP contribution in [0.25, 0.3) is 0 Å². The van der Waals surface area contributed by atoms with E-state index in [2.05, 4.69) is 14.9 Å². The standard InChI is InChI=1S/C13H17N3O4S/c1-8-4-11(7-17)5-12(9(8)2)21(18,19)14-6-13-15-10(3)16-20-13/h4-5,14,17H,6-7H2,1-3H3. The molecule has 2 N–H and O–H groups in total. The number of aromatic nitrogens is 2. The summed E-state index contributed by atoms with van der Waals surface area (Å²) in [6.45, 7) is 4.88. The first-order valence-electron chi connectivity index (χ1n) is 6.33. The SMILES string of the molecule is Cc1noc(CNS(=O)(=O)c2cc(CO)cc(C)c2C)n1. The van der Waals surface area contributed by atoms with Crippen LogP contribution in [0.4, 0.5) is 0 Å². The number of aliphatic hydroxyl groups is 1. The molecule has 0 saturated heterocycles. The van der Waals surface area contributed by atoms with Crippen LogP contribution >= 0.6 is 0 Å². The first kappa shape index (κ1) is 15.6. The number of benzene rings is 1. The van der Waals surface area contributed by atoms with Crippen molar-refractivity contribution >= 4 is 10.0 Å². The predicted octanol–water partition coefficient (Wildman–Crippen LogP) is 0.966. The number of nitrogens with one attached hydrogen (secondary N) is 1. The third-order valence-corrected chi connectivity index (χ3v) is 4.66. The van der Waals surface area contributed by atoms with Gasteiger partial charge in [-0.15, -0.1) is 0 Å². The lowest BCUT2D eigenvalue weighted by molar-refractivity contribution is 0.281. The summed E-state index contributed by atoms with van der Waals surface area (Å²) >= 11 is 0. The topological polar surface area (TPSA) is 105 Å². The van der Waals surface area contributed by atoms with Crippen molar-refractivity contribution in [1.82, 2.24) is 14.9 Å². The molecule has 0 saturated carbocycles. The van der Waals surface area contributed by atoms with Gasteiger partial charge < -0.3 is 9.63 Å². The monoisotopic (exact) mass is 311 g/mol. The average molecular weight is 311 g/mol. The molecule has 0 fully saturated rings. The minimum absolute atomic E-state index is 0.0784. The summed E-state index contributed by atoms with van der Waals surface area (Å²) < 4.78 is 32.0. The molecular formula is C13H17N3O4S. The predicted molar refractivity (Wildman–Crippen MR) is 74.9 cm³/mol.